The maximum Gasteiger partial charge on any atom is 0.227 e. The minimum Gasteiger partial charge on any atom is -0.342 e. The van der Waals surface area contributed by atoms with E-state index in [1.165, 1.54) is 0 Å². The molecule has 0 bridgehead atoms. The number of carbonyl (C=O) groups is 1. The molecule has 2 heterocycles. The van der Waals surface area contributed by atoms with Gasteiger partial charge in [-0.05, 0) is 23.6 Å². The van der Waals surface area contributed by atoms with Crippen molar-refractivity contribution in [3.63, 3.8) is 0 Å². The van der Waals surface area contributed by atoms with Crippen LogP contribution in [0, 0.1) is 5.92 Å². The van der Waals surface area contributed by atoms with Gasteiger partial charge in [0.05, 0.1) is 11.9 Å². The molecule has 0 unspecified atom stereocenters. The third-order valence-corrected chi connectivity index (χ3v) is 3.44. The van der Waals surface area contributed by atoms with E-state index in [4.69, 9.17) is 0 Å². The minimum atomic E-state index is 0.225. The van der Waals surface area contributed by atoms with Gasteiger partial charge in [0.2, 0.25) is 5.91 Å². The summed E-state index contributed by atoms with van der Waals surface area (Å²) >= 11 is 0. The van der Waals surface area contributed by atoms with Gasteiger partial charge in [0.1, 0.15) is 0 Å². The maximum absolute atomic E-state index is 12.0. The smallest absolute Gasteiger partial charge is 0.227 e. The highest BCUT2D eigenvalue weighted by Crippen LogP contribution is 2.18. The van der Waals surface area contributed by atoms with Gasteiger partial charge >= 0.3 is 0 Å². The molecule has 92 valence electrons. The number of carbonyl (C=O) groups excluding carboxylic acids is 1. The standard InChI is InChI=1S/C15H16N2O/c1-11-9-17(10-11)15(18)8-12-4-5-13-3-2-6-16-14(13)7-12/h2-7,11H,8-10H2,1H3. The number of fused-ring (bicyclic) bond motifs is 1. The summed E-state index contributed by atoms with van der Waals surface area (Å²) in [4.78, 5) is 18.2. The van der Waals surface area contributed by atoms with Gasteiger partial charge in [0, 0.05) is 24.7 Å². The predicted octanol–water partition coefficient (Wildman–Crippen LogP) is 2.26. The molecular formula is C15H16N2O. The normalized spacial score (nSPS) is 15.7. The zero-order chi connectivity index (χ0) is 12.5. The monoisotopic (exact) mass is 240 g/mol. The van der Waals surface area contributed by atoms with Crippen LogP contribution in [0.25, 0.3) is 10.9 Å². The van der Waals surface area contributed by atoms with Crippen molar-refractivity contribution in [1.82, 2.24) is 9.88 Å². The Kier molecular flexibility index (Phi) is 2.74. The molecule has 18 heavy (non-hydrogen) atoms. The van der Waals surface area contributed by atoms with Crippen LogP contribution in [0.5, 0.6) is 0 Å². The molecule has 1 amide bonds. The summed E-state index contributed by atoms with van der Waals surface area (Å²) in [5.41, 5.74) is 2.01. The van der Waals surface area contributed by atoms with Crippen LogP contribution in [-0.2, 0) is 11.2 Å². The zero-order valence-corrected chi connectivity index (χ0v) is 10.5. The number of amides is 1. The van der Waals surface area contributed by atoms with Gasteiger partial charge in [-0.15, -0.1) is 0 Å². The summed E-state index contributed by atoms with van der Waals surface area (Å²) < 4.78 is 0. The number of hydrogen-bond acceptors (Lipinski definition) is 2. The Morgan fingerprint density at radius 2 is 2.22 bits per heavy atom. The summed E-state index contributed by atoms with van der Waals surface area (Å²) in [6.45, 7) is 3.99. The second-order valence-electron chi connectivity index (χ2n) is 5.11. The van der Waals surface area contributed by atoms with E-state index in [1.807, 2.05) is 35.2 Å². The van der Waals surface area contributed by atoms with Crippen molar-refractivity contribution >= 4 is 16.8 Å². The lowest BCUT2D eigenvalue weighted by molar-refractivity contribution is -0.136. The zero-order valence-electron chi connectivity index (χ0n) is 10.5. The van der Waals surface area contributed by atoms with Crippen LogP contribution in [0.2, 0.25) is 0 Å². The molecule has 0 N–H and O–H groups in total. The molecule has 1 aliphatic heterocycles. The van der Waals surface area contributed by atoms with Crippen molar-refractivity contribution in [1.29, 1.82) is 0 Å². The first-order valence-corrected chi connectivity index (χ1v) is 6.34. The fourth-order valence-electron chi connectivity index (χ4n) is 2.41. The number of aromatic nitrogens is 1. The first-order chi connectivity index (χ1) is 8.72. The molecule has 1 saturated heterocycles. The van der Waals surface area contributed by atoms with E-state index >= 15 is 0 Å². The molecule has 1 aliphatic rings. The summed E-state index contributed by atoms with van der Waals surface area (Å²) in [6, 6.07) is 10.0. The number of hydrogen-bond donors (Lipinski definition) is 0. The maximum atomic E-state index is 12.0. The van der Waals surface area contributed by atoms with Crippen LogP contribution < -0.4 is 0 Å². The van der Waals surface area contributed by atoms with Gasteiger partial charge in [-0.1, -0.05) is 25.1 Å². The lowest BCUT2D eigenvalue weighted by atomic mass is 10.0. The molecule has 0 radical (unpaired) electrons. The van der Waals surface area contributed by atoms with E-state index in [0.717, 1.165) is 29.6 Å². The van der Waals surface area contributed by atoms with E-state index in [1.54, 1.807) is 6.20 Å². The van der Waals surface area contributed by atoms with Crippen molar-refractivity contribution in [2.45, 2.75) is 13.3 Å². The van der Waals surface area contributed by atoms with E-state index < -0.39 is 0 Å². The minimum absolute atomic E-state index is 0.225. The van der Waals surface area contributed by atoms with Crippen LogP contribution in [0.1, 0.15) is 12.5 Å². The Morgan fingerprint density at radius 3 is 3.00 bits per heavy atom. The van der Waals surface area contributed by atoms with Crippen molar-refractivity contribution in [3.05, 3.63) is 42.1 Å². The molecule has 0 spiro atoms. The summed E-state index contributed by atoms with van der Waals surface area (Å²) in [5.74, 6) is 0.885. The average molecular weight is 240 g/mol. The Bertz CT molecular complexity index is 588. The molecule has 3 rings (SSSR count). The van der Waals surface area contributed by atoms with Crippen LogP contribution >= 0.6 is 0 Å². The van der Waals surface area contributed by atoms with Crippen molar-refractivity contribution < 1.29 is 4.79 Å². The first kappa shape index (κ1) is 11.2. The molecule has 3 nitrogen and oxygen atoms in total. The summed E-state index contributed by atoms with van der Waals surface area (Å²) in [7, 11) is 0. The van der Waals surface area contributed by atoms with E-state index in [9.17, 15) is 4.79 Å². The molecule has 2 aromatic rings. The SMILES string of the molecule is CC1CN(C(=O)Cc2ccc3cccnc3c2)C1. The molecular weight excluding hydrogens is 224 g/mol. The van der Waals surface area contributed by atoms with Crippen molar-refractivity contribution in [2.24, 2.45) is 5.92 Å². The second-order valence-corrected chi connectivity index (χ2v) is 5.11. The molecule has 0 saturated carbocycles. The molecule has 1 fully saturated rings. The summed E-state index contributed by atoms with van der Waals surface area (Å²) in [5, 5.41) is 1.12. The Balaban J connectivity index is 1.76. The summed E-state index contributed by atoms with van der Waals surface area (Å²) in [6.07, 6.45) is 2.27. The lowest BCUT2D eigenvalue weighted by Crippen LogP contribution is -2.49. The average Bonchev–Trinajstić information content (AvgIpc) is 2.35. The van der Waals surface area contributed by atoms with E-state index in [0.29, 0.717) is 12.3 Å². The quantitative estimate of drug-likeness (QED) is 0.806. The van der Waals surface area contributed by atoms with Gasteiger partial charge in [-0.25, -0.2) is 0 Å². The Labute approximate surface area is 106 Å². The van der Waals surface area contributed by atoms with Crippen LogP contribution in [0.15, 0.2) is 36.5 Å². The van der Waals surface area contributed by atoms with E-state index in [2.05, 4.69) is 11.9 Å². The number of pyridine rings is 1. The molecule has 0 atom stereocenters. The number of likely N-dealkylation sites (tertiary alicyclic amines) is 1. The number of nitrogens with zero attached hydrogens (tertiary/aromatic N) is 2. The van der Waals surface area contributed by atoms with Crippen LogP contribution in [0.3, 0.4) is 0 Å². The van der Waals surface area contributed by atoms with E-state index in [-0.39, 0.29) is 5.91 Å². The largest absolute Gasteiger partial charge is 0.342 e. The third kappa shape index (κ3) is 2.08. The predicted molar refractivity (Wildman–Crippen MR) is 71.2 cm³/mol. The Morgan fingerprint density at radius 1 is 1.39 bits per heavy atom. The second kappa shape index (κ2) is 4.41. The molecule has 1 aromatic heterocycles. The molecule has 1 aromatic carbocycles. The highest BCUT2D eigenvalue weighted by Gasteiger charge is 2.26. The Hall–Kier alpha value is -1.90. The third-order valence-electron chi connectivity index (χ3n) is 3.44. The fraction of sp³-hybridized carbons (Fsp3) is 0.333. The van der Waals surface area contributed by atoms with Crippen LogP contribution in [0.4, 0.5) is 0 Å². The van der Waals surface area contributed by atoms with Gasteiger partial charge in [-0.2, -0.15) is 0 Å². The topological polar surface area (TPSA) is 33.2 Å². The number of rotatable bonds is 2. The molecule has 0 aliphatic carbocycles. The number of benzene rings is 1. The van der Waals surface area contributed by atoms with Gasteiger partial charge < -0.3 is 4.90 Å². The first-order valence-electron chi connectivity index (χ1n) is 6.34. The lowest BCUT2D eigenvalue weighted by Gasteiger charge is -2.37. The van der Waals surface area contributed by atoms with Crippen molar-refractivity contribution in [3.8, 4) is 0 Å². The van der Waals surface area contributed by atoms with Gasteiger partial charge in [-0.3, -0.25) is 9.78 Å². The van der Waals surface area contributed by atoms with Crippen LogP contribution in [-0.4, -0.2) is 28.9 Å². The van der Waals surface area contributed by atoms with Gasteiger partial charge in [0.25, 0.3) is 0 Å². The highest BCUT2D eigenvalue weighted by atomic mass is 16.2. The fourth-order valence-corrected chi connectivity index (χ4v) is 2.41. The highest BCUT2D eigenvalue weighted by molar-refractivity contribution is 5.83. The van der Waals surface area contributed by atoms with Crippen molar-refractivity contribution in [2.75, 3.05) is 13.1 Å². The molecule has 3 heteroatoms. The van der Waals surface area contributed by atoms with Gasteiger partial charge in [0.15, 0.2) is 0 Å².